The molecule has 0 saturated heterocycles. The molecule has 1 rings (SSSR count). The molecule has 1 aromatic carbocycles. The summed E-state index contributed by atoms with van der Waals surface area (Å²) in [6.45, 7) is 10.00. The fraction of sp³-hybridized carbons (Fsp3) is 0.619. The van der Waals surface area contributed by atoms with E-state index in [2.05, 4.69) is 12.2 Å². The Balaban J connectivity index is 3.03. The molecule has 1 N–H and O–H groups in total. The second-order valence-electron chi connectivity index (χ2n) is 6.94. The molecule has 1 atom stereocenters. The SMILES string of the molecule is CCCCCC(C)(OCC)C(=O)Nc1ccc(OC(C)C)c(C(=O)OC)c1. The molecule has 0 fully saturated rings. The average Bonchev–Trinajstić information content (AvgIpc) is 2.62. The first kappa shape index (κ1) is 23.0. The Kier molecular flexibility index (Phi) is 9.29. The lowest BCUT2D eigenvalue weighted by atomic mass is 9.96. The van der Waals surface area contributed by atoms with E-state index in [1.807, 2.05) is 20.8 Å². The monoisotopic (exact) mass is 379 g/mol. The predicted octanol–water partition coefficient (Wildman–Crippen LogP) is 4.57. The van der Waals surface area contributed by atoms with Crippen LogP contribution in [0.15, 0.2) is 18.2 Å². The van der Waals surface area contributed by atoms with Gasteiger partial charge in [0, 0.05) is 12.3 Å². The van der Waals surface area contributed by atoms with E-state index in [0.29, 0.717) is 24.5 Å². The van der Waals surface area contributed by atoms with Crippen molar-refractivity contribution in [2.24, 2.45) is 0 Å². The molecule has 0 bridgehead atoms. The summed E-state index contributed by atoms with van der Waals surface area (Å²) in [6.07, 6.45) is 3.58. The van der Waals surface area contributed by atoms with Crippen LogP contribution in [-0.2, 0) is 14.3 Å². The summed E-state index contributed by atoms with van der Waals surface area (Å²) in [6, 6.07) is 4.94. The highest BCUT2D eigenvalue weighted by molar-refractivity contribution is 5.99. The van der Waals surface area contributed by atoms with Crippen LogP contribution in [0.4, 0.5) is 5.69 Å². The zero-order valence-corrected chi connectivity index (χ0v) is 17.4. The summed E-state index contributed by atoms with van der Waals surface area (Å²) in [5, 5.41) is 2.87. The third kappa shape index (κ3) is 6.86. The number of amides is 1. The quantitative estimate of drug-likeness (QED) is 0.450. The molecule has 0 spiro atoms. The van der Waals surface area contributed by atoms with Crippen molar-refractivity contribution in [1.29, 1.82) is 0 Å². The molecular formula is C21H33NO5. The fourth-order valence-corrected chi connectivity index (χ4v) is 2.78. The van der Waals surface area contributed by atoms with Gasteiger partial charge < -0.3 is 19.5 Å². The van der Waals surface area contributed by atoms with Gasteiger partial charge in [-0.2, -0.15) is 0 Å². The number of ether oxygens (including phenoxy) is 3. The van der Waals surface area contributed by atoms with Crippen LogP contribution in [0.3, 0.4) is 0 Å². The van der Waals surface area contributed by atoms with E-state index in [1.54, 1.807) is 25.1 Å². The van der Waals surface area contributed by atoms with E-state index in [4.69, 9.17) is 14.2 Å². The molecule has 1 aromatic rings. The lowest BCUT2D eigenvalue weighted by Gasteiger charge is -2.28. The Morgan fingerprint density at radius 2 is 1.89 bits per heavy atom. The minimum absolute atomic E-state index is 0.0892. The summed E-state index contributed by atoms with van der Waals surface area (Å²) < 4.78 is 16.3. The van der Waals surface area contributed by atoms with Crippen molar-refractivity contribution in [2.75, 3.05) is 19.0 Å². The van der Waals surface area contributed by atoms with Gasteiger partial charge in [-0.05, 0) is 52.3 Å². The van der Waals surface area contributed by atoms with Crippen LogP contribution in [0, 0.1) is 0 Å². The van der Waals surface area contributed by atoms with Gasteiger partial charge in [-0.1, -0.05) is 26.2 Å². The van der Waals surface area contributed by atoms with Crippen molar-refractivity contribution in [3.05, 3.63) is 23.8 Å². The summed E-state index contributed by atoms with van der Waals surface area (Å²) in [4.78, 5) is 24.9. The number of methoxy groups -OCH3 is 1. The van der Waals surface area contributed by atoms with Gasteiger partial charge in [0.15, 0.2) is 0 Å². The first-order valence-corrected chi connectivity index (χ1v) is 9.61. The van der Waals surface area contributed by atoms with Crippen LogP contribution in [0.1, 0.15) is 70.7 Å². The smallest absolute Gasteiger partial charge is 0.341 e. The van der Waals surface area contributed by atoms with Crippen LogP contribution in [0.25, 0.3) is 0 Å². The highest BCUT2D eigenvalue weighted by Crippen LogP contribution is 2.27. The third-order valence-corrected chi connectivity index (χ3v) is 4.21. The maximum Gasteiger partial charge on any atom is 0.341 e. The Morgan fingerprint density at radius 3 is 2.44 bits per heavy atom. The minimum Gasteiger partial charge on any atom is -0.490 e. The lowest BCUT2D eigenvalue weighted by Crippen LogP contribution is -2.42. The Hall–Kier alpha value is -2.08. The highest BCUT2D eigenvalue weighted by atomic mass is 16.5. The minimum atomic E-state index is -0.914. The van der Waals surface area contributed by atoms with Gasteiger partial charge in [0.2, 0.25) is 0 Å². The Morgan fingerprint density at radius 1 is 1.19 bits per heavy atom. The van der Waals surface area contributed by atoms with Crippen LogP contribution in [-0.4, -0.2) is 37.3 Å². The van der Waals surface area contributed by atoms with Crippen molar-refractivity contribution >= 4 is 17.6 Å². The van der Waals surface area contributed by atoms with Crippen LogP contribution < -0.4 is 10.1 Å². The molecule has 6 heteroatoms. The number of esters is 1. The number of anilines is 1. The molecular weight excluding hydrogens is 346 g/mol. The first-order valence-electron chi connectivity index (χ1n) is 9.61. The lowest BCUT2D eigenvalue weighted by molar-refractivity contribution is -0.139. The van der Waals surface area contributed by atoms with Crippen LogP contribution >= 0.6 is 0 Å². The summed E-state index contributed by atoms with van der Waals surface area (Å²) in [5.74, 6) is -0.323. The van der Waals surface area contributed by atoms with Gasteiger partial charge in [0.05, 0.1) is 13.2 Å². The molecule has 0 aliphatic carbocycles. The van der Waals surface area contributed by atoms with Crippen molar-refractivity contribution in [1.82, 2.24) is 0 Å². The number of rotatable bonds is 11. The number of nitrogens with one attached hydrogen (secondary N) is 1. The number of carbonyl (C=O) groups excluding carboxylic acids is 2. The molecule has 0 radical (unpaired) electrons. The Labute approximate surface area is 162 Å². The van der Waals surface area contributed by atoms with E-state index in [1.165, 1.54) is 7.11 Å². The van der Waals surface area contributed by atoms with Gasteiger partial charge in [0.1, 0.15) is 16.9 Å². The second kappa shape index (κ2) is 10.9. The van der Waals surface area contributed by atoms with Crippen molar-refractivity contribution in [3.63, 3.8) is 0 Å². The number of hydrogen-bond acceptors (Lipinski definition) is 5. The summed E-state index contributed by atoms with van der Waals surface area (Å²) >= 11 is 0. The van der Waals surface area contributed by atoms with E-state index < -0.39 is 11.6 Å². The molecule has 1 amide bonds. The summed E-state index contributed by atoms with van der Waals surface area (Å²) in [7, 11) is 1.31. The van der Waals surface area contributed by atoms with Gasteiger partial charge in [-0.15, -0.1) is 0 Å². The topological polar surface area (TPSA) is 73.9 Å². The standard InChI is InChI=1S/C21H33NO5/c1-7-9-10-13-21(5,26-8-2)20(24)22-16-11-12-18(27-15(3)4)17(14-16)19(23)25-6/h11-12,14-15H,7-10,13H2,1-6H3,(H,22,24). The van der Waals surface area contributed by atoms with Crippen molar-refractivity contribution in [3.8, 4) is 5.75 Å². The number of carbonyl (C=O) groups is 2. The first-order chi connectivity index (χ1) is 12.8. The van der Waals surface area contributed by atoms with Gasteiger partial charge in [0.25, 0.3) is 5.91 Å². The third-order valence-electron chi connectivity index (χ3n) is 4.21. The molecule has 0 aliphatic heterocycles. The molecule has 0 aliphatic rings. The molecule has 27 heavy (non-hydrogen) atoms. The molecule has 0 heterocycles. The molecule has 6 nitrogen and oxygen atoms in total. The number of benzene rings is 1. The van der Waals surface area contributed by atoms with E-state index >= 15 is 0 Å². The van der Waals surface area contributed by atoms with E-state index in [-0.39, 0.29) is 17.6 Å². The Bertz CT molecular complexity index is 629. The van der Waals surface area contributed by atoms with Crippen LogP contribution in [0.5, 0.6) is 5.75 Å². The largest absolute Gasteiger partial charge is 0.490 e. The molecule has 1 unspecified atom stereocenters. The molecule has 152 valence electrons. The van der Waals surface area contributed by atoms with Crippen molar-refractivity contribution < 1.29 is 23.8 Å². The number of hydrogen-bond donors (Lipinski definition) is 1. The predicted molar refractivity (Wildman–Crippen MR) is 106 cm³/mol. The average molecular weight is 379 g/mol. The van der Waals surface area contributed by atoms with Gasteiger partial charge in [-0.3, -0.25) is 4.79 Å². The van der Waals surface area contributed by atoms with E-state index in [9.17, 15) is 9.59 Å². The maximum atomic E-state index is 12.8. The number of unbranched alkanes of at least 4 members (excludes halogenated alkanes) is 2. The maximum absolute atomic E-state index is 12.8. The normalized spacial score (nSPS) is 13.1. The van der Waals surface area contributed by atoms with Gasteiger partial charge in [-0.25, -0.2) is 4.79 Å². The zero-order chi connectivity index (χ0) is 20.4. The van der Waals surface area contributed by atoms with Crippen molar-refractivity contribution in [2.45, 2.75) is 72.0 Å². The highest BCUT2D eigenvalue weighted by Gasteiger charge is 2.33. The second-order valence-corrected chi connectivity index (χ2v) is 6.94. The molecule has 0 aromatic heterocycles. The van der Waals surface area contributed by atoms with Gasteiger partial charge >= 0.3 is 5.97 Å². The summed E-state index contributed by atoms with van der Waals surface area (Å²) in [5.41, 5.74) is -0.145. The molecule has 0 saturated carbocycles. The zero-order valence-electron chi connectivity index (χ0n) is 17.4. The van der Waals surface area contributed by atoms with E-state index in [0.717, 1.165) is 19.3 Å². The fourth-order valence-electron chi connectivity index (χ4n) is 2.78. The van der Waals surface area contributed by atoms with Crippen LogP contribution in [0.2, 0.25) is 0 Å².